The number of benzene rings is 2. The first-order valence-corrected chi connectivity index (χ1v) is 34.0. The summed E-state index contributed by atoms with van der Waals surface area (Å²) < 4.78 is 5.51. The normalized spacial score (nSPS) is 14.1. The maximum absolute atomic E-state index is 13.8. The Hall–Kier alpha value is -9.87. The largest absolute Gasteiger partial charge is 0.851 e. The molecule has 2 heterocycles. The van der Waals surface area contributed by atoms with Gasteiger partial charge in [0.05, 0.1) is 6.61 Å². The van der Waals surface area contributed by atoms with Gasteiger partial charge in [0.25, 0.3) is 23.6 Å². The number of anilines is 2. The van der Waals surface area contributed by atoms with Crippen LogP contribution in [-0.2, 0) is 29.2 Å². The van der Waals surface area contributed by atoms with Gasteiger partial charge in [-0.2, -0.15) is 0 Å². The third-order valence-corrected chi connectivity index (χ3v) is 16.3. The molecule has 2 atom stereocenters. The number of amides is 4. The first kappa shape index (κ1) is 77.1. The molecule has 0 spiro atoms. The van der Waals surface area contributed by atoms with Gasteiger partial charge in [0.15, 0.2) is 5.78 Å². The van der Waals surface area contributed by atoms with E-state index in [1.807, 2.05) is 173 Å². The molecule has 0 saturated heterocycles. The Bertz CT molecular complexity index is 3770. The second-order valence-electron chi connectivity index (χ2n) is 24.3. The summed E-state index contributed by atoms with van der Waals surface area (Å²) in [4.78, 5) is 75.5. The predicted molar refractivity (Wildman–Crippen MR) is 390 cm³/mol. The molecule has 6 aromatic rings. The van der Waals surface area contributed by atoms with Gasteiger partial charge in [0, 0.05) is 63.7 Å². The van der Waals surface area contributed by atoms with Crippen molar-refractivity contribution in [2.75, 3.05) is 55.7 Å². The fourth-order valence-corrected chi connectivity index (χ4v) is 11.6. The Morgan fingerprint density at radius 3 is 1.00 bits per heavy atom. The lowest BCUT2D eigenvalue weighted by Gasteiger charge is -2.63. The molecule has 0 aliphatic heterocycles. The summed E-state index contributed by atoms with van der Waals surface area (Å²) in [5.74, 6) is -2.57. The highest BCUT2D eigenvalue weighted by Crippen LogP contribution is 2.49. The number of Topliss-reactive ketones (excluding diaryl/α,β-unsaturated/α-hetero) is 1. The molecule has 4 aromatic carbocycles. The van der Waals surface area contributed by atoms with E-state index in [1.54, 1.807) is 36.4 Å². The van der Waals surface area contributed by atoms with Gasteiger partial charge in [-0.25, -0.2) is 9.97 Å². The summed E-state index contributed by atoms with van der Waals surface area (Å²) in [6.45, 7) is 25.4. The van der Waals surface area contributed by atoms with Crippen molar-refractivity contribution < 1.29 is 38.9 Å². The number of carbonyl (C=O) groups excluding carboxylic acids is 5. The van der Waals surface area contributed by atoms with Gasteiger partial charge in [-0.15, -0.1) is 12.2 Å². The van der Waals surface area contributed by atoms with Gasteiger partial charge in [0.2, 0.25) is 0 Å². The first-order valence-electron chi connectivity index (χ1n) is 34.0. The molecule has 516 valence electrons. The van der Waals surface area contributed by atoms with Crippen LogP contribution < -0.4 is 41.3 Å². The molecule has 1 fully saturated rings. The predicted octanol–water partition coefficient (Wildman–Crippen LogP) is 12.5. The first-order chi connectivity index (χ1) is 47.4. The molecular weight excluding hydrogens is 1220 g/mol. The van der Waals surface area contributed by atoms with Crippen molar-refractivity contribution in [1.82, 2.24) is 31.2 Å². The van der Waals surface area contributed by atoms with Crippen LogP contribution in [0.4, 0.5) is 11.4 Å². The third-order valence-electron chi connectivity index (χ3n) is 16.3. The number of ketones is 1. The maximum atomic E-state index is 13.8. The van der Waals surface area contributed by atoms with E-state index in [1.165, 1.54) is 12.6 Å². The fourth-order valence-electron chi connectivity index (χ4n) is 11.6. The molecule has 98 heavy (non-hydrogen) atoms. The molecule has 2 aromatic heterocycles. The van der Waals surface area contributed by atoms with Crippen LogP contribution in [0.2, 0.25) is 0 Å². The van der Waals surface area contributed by atoms with Crippen LogP contribution in [0.1, 0.15) is 163 Å². The molecule has 16 heteroatoms. The van der Waals surface area contributed by atoms with E-state index in [-0.39, 0.29) is 60.7 Å². The van der Waals surface area contributed by atoms with Crippen LogP contribution in [0.5, 0.6) is 0 Å². The molecule has 16 nitrogen and oxygen atoms in total. The molecule has 0 radical (unpaired) electrons. The van der Waals surface area contributed by atoms with Gasteiger partial charge >= 0.3 is 0 Å². The lowest BCUT2D eigenvalue weighted by Crippen LogP contribution is -2.64. The van der Waals surface area contributed by atoms with Crippen LogP contribution in [0.3, 0.4) is 0 Å². The van der Waals surface area contributed by atoms with Gasteiger partial charge in [-0.1, -0.05) is 184 Å². The second-order valence-corrected chi connectivity index (χ2v) is 24.3. The Balaban J connectivity index is 0.000000331. The van der Waals surface area contributed by atoms with E-state index in [0.717, 1.165) is 100 Å². The van der Waals surface area contributed by atoms with E-state index in [9.17, 15) is 34.2 Å². The average Bonchev–Trinajstić information content (AvgIpc) is 0.729. The van der Waals surface area contributed by atoms with E-state index < -0.39 is 41.8 Å². The number of hydrogen-bond donors (Lipinski definition) is 4. The zero-order chi connectivity index (χ0) is 70.8. The Kier molecular flexibility index (Phi) is 32.5. The summed E-state index contributed by atoms with van der Waals surface area (Å²) in [5.41, 5.74) is 12.5. The number of nitrogens with one attached hydrogen (secondary N) is 4. The van der Waals surface area contributed by atoms with Crippen molar-refractivity contribution in [2.24, 2.45) is 0 Å². The second kappa shape index (κ2) is 41.3. The molecular formula is C82H98N8O8-2. The van der Waals surface area contributed by atoms with Gasteiger partial charge < -0.3 is 46.0 Å². The molecule has 1 saturated carbocycles. The standard InChI is InChI=1S/C48H48N6O4.C34H50N2O4/c1-3-49-45(55)41-30-20-31-42(53-41)46(56)50-35-39-26-16-8-10-18-28-40(29-19-11-9-17-27-39)36-52-48(58)44-33-21-32-43(54-44)47(57)51-34-38-24-14-6-4-12-22-37(2)23-13-5-7-15-25-38;1-9-12-35(13-10-2)27-17-22(4)29(23(5)18-27)31-33(38)32(34(31)39)30-24(6)19-28(20-25(30)7)36(14-11-3)15-16-40-21-26(8)37/h4-33H,3,34-36H2,1-2H3,(H,49,55)(H,50,56)(H,51,57)(H,52,58);17-20,31-34H,9-16,21H2,1-8H3/q;-2. The van der Waals surface area contributed by atoms with Crippen molar-refractivity contribution in [3.63, 3.8) is 0 Å². The van der Waals surface area contributed by atoms with Crippen LogP contribution >= 0.6 is 0 Å². The summed E-state index contributed by atoms with van der Waals surface area (Å²) in [6, 6.07) is 63.8. The van der Waals surface area contributed by atoms with Crippen molar-refractivity contribution in [2.45, 2.75) is 132 Å². The van der Waals surface area contributed by atoms with Crippen molar-refractivity contribution in [1.29, 1.82) is 0 Å². The van der Waals surface area contributed by atoms with Crippen LogP contribution in [0.15, 0.2) is 206 Å². The lowest BCUT2D eigenvalue weighted by atomic mass is 9.60. The molecule has 4 N–H and O–H groups in total. The zero-order valence-electron chi connectivity index (χ0n) is 58.7. The smallest absolute Gasteiger partial charge is 0.270 e. The topological polar surface area (TPSA) is 221 Å². The number of pyridine rings is 2. The highest BCUT2D eigenvalue weighted by atomic mass is 16.5. The molecule has 0 bridgehead atoms. The summed E-state index contributed by atoms with van der Waals surface area (Å²) in [7, 11) is 0. The van der Waals surface area contributed by atoms with E-state index in [4.69, 9.17) is 4.74 Å². The summed E-state index contributed by atoms with van der Waals surface area (Å²) >= 11 is 0. The minimum atomic E-state index is -0.955. The van der Waals surface area contributed by atoms with Crippen molar-refractivity contribution in [3.05, 3.63) is 285 Å². The lowest BCUT2D eigenvalue weighted by molar-refractivity contribution is -0.536. The molecule has 7 rings (SSSR count). The number of ether oxygens (including phenoxy) is 1. The molecule has 1 aliphatic rings. The van der Waals surface area contributed by atoms with Crippen molar-refractivity contribution >= 4 is 40.8 Å². The number of aryl methyl sites for hydroxylation is 5. The highest BCUT2D eigenvalue weighted by molar-refractivity contribution is 5.97. The number of aromatic nitrogens is 2. The quantitative estimate of drug-likeness (QED) is 0.0373. The SMILES string of the molecule is CCCN(CCC)c1cc(C)c(C2C([O-])C(c3c(C)cc(N(CCC)CCOCC(C)=O)cc3C)C2[O-])c(C)c1.CCNC(=O)c1cccc(C(=O)NCc2ccccccc(CNC(=O)c3cccc(C(=O)NCc4ccccccc(C)cccccc4)n3)cccccc2)n1. The number of rotatable bonds is 26. The number of carbonyl (C=O) groups is 5. The van der Waals surface area contributed by atoms with E-state index >= 15 is 0 Å². The minimum absolute atomic E-state index is 0.0208. The van der Waals surface area contributed by atoms with E-state index in [2.05, 4.69) is 99.9 Å². The summed E-state index contributed by atoms with van der Waals surface area (Å²) in [6.07, 6.45) is 1.23. The Morgan fingerprint density at radius 2 is 0.704 bits per heavy atom. The van der Waals surface area contributed by atoms with Crippen molar-refractivity contribution in [3.8, 4) is 0 Å². The highest BCUT2D eigenvalue weighted by Gasteiger charge is 2.41. The van der Waals surface area contributed by atoms with Crippen LogP contribution in [0, 0.1) is 34.6 Å². The molecule has 1 aliphatic carbocycles. The summed E-state index contributed by atoms with van der Waals surface area (Å²) in [5, 5.41) is 38.9. The zero-order valence-corrected chi connectivity index (χ0v) is 58.7. The monoisotopic (exact) mass is 1320 g/mol. The van der Waals surface area contributed by atoms with Gasteiger partial charge in [-0.3, -0.25) is 24.0 Å². The molecule has 2 unspecified atom stereocenters. The number of nitrogens with zero attached hydrogens (tertiary/aromatic N) is 4. The Morgan fingerprint density at radius 1 is 0.408 bits per heavy atom. The van der Waals surface area contributed by atoms with Gasteiger partial charge in [0.1, 0.15) is 29.4 Å². The third kappa shape index (κ3) is 24.3. The molecule has 4 amide bonds. The Labute approximate surface area is 580 Å². The fraction of sp³-hybridized carbons (Fsp3) is 0.329. The average molecular weight is 1320 g/mol. The maximum Gasteiger partial charge on any atom is 0.270 e. The van der Waals surface area contributed by atoms with Crippen LogP contribution in [-0.4, -0.2) is 97.5 Å². The number of hydrogen-bond acceptors (Lipinski definition) is 12. The van der Waals surface area contributed by atoms with Gasteiger partial charge in [-0.05, 0) is 178 Å². The van der Waals surface area contributed by atoms with Crippen LogP contribution in [0.25, 0.3) is 0 Å². The minimum Gasteiger partial charge on any atom is -0.851 e. The van der Waals surface area contributed by atoms with E-state index in [0.29, 0.717) is 19.7 Å².